The maximum atomic E-state index is 13.2. The Morgan fingerprint density at radius 2 is 1.79 bits per heavy atom. The number of pyridine rings is 1. The number of likely N-dealkylation sites (N-methyl/N-ethyl adjacent to an activating group) is 2. The molecule has 34 heavy (non-hydrogen) atoms. The normalized spacial score (nSPS) is 10.9. The first-order chi connectivity index (χ1) is 16.4. The van der Waals surface area contributed by atoms with E-state index in [1.807, 2.05) is 63.5 Å². The second kappa shape index (κ2) is 10.6. The average Bonchev–Trinajstić information content (AvgIpc) is 3.20. The van der Waals surface area contributed by atoms with Crippen LogP contribution in [-0.2, 0) is 6.42 Å². The predicted molar refractivity (Wildman–Crippen MR) is 137 cm³/mol. The lowest BCUT2D eigenvalue weighted by atomic mass is 10.1. The molecule has 7 nitrogen and oxygen atoms in total. The largest absolute Gasteiger partial charge is 0.492 e. The first-order valence-corrected chi connectivity index (χ1v) is 12.1. The van der Waals surface area contributed by atoms with Crippen molar-refractivity contribution in [1.29, 1.82) is 0 Å². The number of nitrogens with zero attached hydrogens (tertiary/aromatic N) is 5. The van der Waals surface area contributed by atoms with Crippen LogP contribution in [0.1, 0.15) is 26.5 Å². The van der Waals surface area contributed by atoms with Gasteiger partial charge in [0, 0.05) is 39.0 Å². The first-order valence-electron chi connectivity index (χ1n) is 11.2. The lowest BCUT2D eigenvalue weighted by Gasteiger charge is -2.19. The number of thiophene rings is 1. The van der Waals surface area contributed by atoms with Crippen molar-refractivity contribution >= 4 is 33.3 Å². The summed E-state index contributed by atoms with van der Waals surface area (Å²) in [6, 6.07) is 13.9. The van der Waals surface area contributed by atoms with Crippen molar-refractivity contribution in [1.82, 2.24) is 19.9 Å². The molecule has 0 fully saturated rings. The molecule has 1 aromatic carbocycles. The van der Waals surface area contributed by atoms with Crippen LogP contribution in [0.15, 0.2) is 55.0 Å². The van der Waals surface area contributed by atoms with E-state index in [0.717, 1.165) is 33.0 Å². The maximum Gasteiger partial charge on any atom is 0.264 e. The molecule has 3 heterocycles. The molecule has 3 aromatic heterocycles. The molecule has 0 aliphatic rings. The highest BCUT2D eigenvalue weighted by molar-refractivity contribution is 7.20. The van der Waals surface area contributed by atoms with Gasteiger partial charge in [0.2, 0.25) is 0 Å². The zero-order valence-electron chi connectivity index (χ0n) is 20.0. The monoisotopic (exact) mass is 475 g/mol. The summed E-state index contributed by atoms with van der Waals surface area (Å²) in [6.45, 7) is 5.80. The number of aromatic nitrogens is 3. The van der Waals surface area contributed by atoms with Crippen molar-refractivity contribution in [2.24, 2.45) is 0 Å². The number of amides is 1. The van der Waals surface area contributed by atoms with E-state index in [0.29, 0.717) is 31.0 Å². The Hall–Kier alpha value is -3.52. The molecule has 0 N–H and O–H groups in total. The number of carbonyl (C=O) groups is 1. The lowest BCUT2D eigenvalue weighted by Crippen LogP contribution is -2.28. The Morgan fingerprint density at radius 3 is 2.53 bits per heavy atom. The highest BCUT2D eigenvalue weighted by Crippen LogP contribution is 2.35. The van der Waals surface area contributed by atoms with Crippen LogP contribution >= 0.6 is 11.3 Å². The Balaban J connectivity index is 1.46. The van der Waals surface area contributed by atoms with Crippen LogP contribution in [-0.4, -0.2) is 59.6 Å². The third-order valence-electron chi connectivity index (χ3n) is 5.76. The van der Waals surface area contributed by atoms with Gasteiger partial charge in [-0.3, -0.25) is 9.78 Å². The first kappa shape index (κ1) is 23.6. The number of anilines is 1. The Kier molecular flexibility index (Phi) is 7.37. The number of rotatable bonds is 9. The lowest BCUT2D eigenvalue weighted by molar-refractivity contribution is 0.0800. The minimum absolute atomic E-state index is 0.00672. The molecule has 0 saturated heterocycles. The summed E-state index contributed by atoms with van der Waals surface area (Å²) in [4.78, 5) is 31.9. The summed E-state index contributed by atoms with van der Waals surface area (Å²) in [6.07, 6.45) is 4.04. The fourth-order valence-corrected chi connectivity index (χ4v) is 4.83. The zero-order chi connectivity index (χ0) is 24.1. The number of benzene rings is 1. The number of hydrogen-bond donors (Lipinski definition) is 0. The van der Waals surface area contributed by atoms with Crippen molar-refractivity contribution in [3.05, 3.63) is 76.7 Å². The van der Waals surface area contributed by atoms with Gasteiger partial charge < -0.3 is 14.5 Å². The van der Waals surface area contributed by atoms with Crippen molar-refractivity contribution in [2.45, 2.75) is 20.3 Å². The fraction of sp³-hybridized carbons (Fsp3) is 0.308. The summed E-state index contributed by atoms with van der Waals surface area (Å²) >= 11 is 1.42. The van der Waals surface area contributed by atoms with E-state index < -0.39 is 0 Å². The quantitative estimate of drug-likeness (QED) is 0.354. The molecule has 1 amide bonds. The van der Waals surface area contributed by atoms with Crippen LogP contribution in [0, 0.1) is 13.8 Å². The van der Waals surface area contributed by atoms with Gasteiger partial charge in [-0.1, -0.05) is 23.8 Å². The summed E-state index contributed by atoms with van der Waals surface area (Å²) in [5, 5.41) is 0.923. The Labute approximate surface area is 204 Å². The van der Waals surface area contributed by atoms with Crippen molar-refractivity contribution in [3.63, 3.8) is 0 Å². The molecule has 176 valence electrons. The van der Waals surface area contributed by atoms with E-state index in [-0.39, 0.29) is 5.91 Å². The summed E-state index contributed by atoms with van der Waals surface area (Å²) in [5.41, 5.74) is 3.09. The minimum Gasteiger partial charge on any atom is -0.492 e. The van der Waals surface area contributed by atoms with E-state index in [4.69, 9.17) is 4.74 Å². The molecule has 0 aliphatic carbocycles. The van der Waals surface area contributed by atoms with Crippen molar-refractivity contribution in [3.8, 4) is 5.75 Å². The zero-order valence-corrected chi connectivity index (χ0v) is 20.8. The topological polar surface area (TPSA) is 71.5 Å². The van der Waals surface area contributed by atoms with E-state index >= 15 is 0 Å². The second-order valence-corrected chi connectivity index (χ2v) is 9.31. The van der Waals surface area contributed by atoms with Gasteiger partial charge in [-0.05, 0) is 43.7 Å². The summed E-state index contributed by atoms with van der Waals surface area (Å²) in [7, 11) is 3.81. The van der Waals surface area contributed by atoms with Gasteiger partial charge in [0.1, 0.15) is 29.3 Å². The van der Waals surface area contributed by atoms with E-state index in [1.165, 1.54) is 16.9 Å². The van der Waals surface area contributed by atoms with Crippen LogP contribution in [0.5, 0.6) is 5.75 Å². The highest BCUT2D eigenvalue weighted by atomic mass is 32.1. The summed E-state index contributed by atoms with van der Waals surface area (Å²) in [5.74, 6) is 1.65. The molecule has 0 saturated carbocycles. The summed E-state index contributed by atoms with van der Waals surface area (Å²) < 4.78 is 5.89. The third kappa shape index (κ3) is 5.34. The molecule has 4 aromatic rings. The SMILES string of the molecule is Cc1ccc(OCCN(C)c2ncnc3sc(C(=O)N(C)CCc4ccccn4)c(C)c23)cc1. The molecule has 0 unspecified atom stereocenters. The van der Waals surface area contributed by atoms with Gasteiger partial charge in [0.15, 0.2) is 0 Å². The number of ether oxygens (including phenoxy) is 1. The van der Waals surface area contributed by atoms with Gasteiger partial charge in [-0.25, -0.2) is 9.97 Å². The Bertz CT molecular complexity index is 1260. The van der Waals surface area contributed by atoms with Gasteiger partial charge >= 0.3 is 0 Å². The van der Waals surface area contributed by atoms with Crippen molar-refractivity contribution < 1.29 is 9.53 Å². The standard InChI is InChI=1S/C26H29N5O2S/c1-18-8-10-21(11-9-18)33-16-15-30(3)24-22-19(2)23(34-25(22)29-17-28-24)26(32)31(4)14-12-20-7-5-6-13-27-20/h5-11,13,17H,12,14-16H2,1-4H3. The molecule has 0 radical (unpaired) electrons. The minimum atomic E-state index is -0.00672. The number of hydrogen-bond acceptors (Lipinski definition) is 7. The number of carbonyl (C=O) groups excluding carboxylic acids is 1. The van der Waals surface area contributed by atoms with Crippen LogP contribution < -0.4 is 9.64 Å². The third-order valence-corrected chi connectivity index (χ3v) is 6.94. The van der Waals surface area contributed by atoms with E-state index in [9.17, 15) is 4.79 Å². The molecule has 0 aliphatic heterocycles. The second-order valence-electron chi connectivity index (χ2n) is 8.31. The molecule has 0 bridgehead atoms. The van der Waals surface area contributed by atoms with Crippen LogP contribution in [0.2, 0.25) is 0 Å². The average molecular weight is 476 g/mol. The fourth-order valence-electron chi connectivity index (χ4n) is 3.69. The smallest absolute Gasteiger partial charge is 0.264 e. The Morgan fingerprint density at radius 1 is 1.00 bits per heavy atom. The van der Waals surface area contributed by atoms with Gasteiger partial charge in [0.05, 0.1) is 16.8 Å². The van der Waals surface area contributed by atoms with E-state index in [2.05, 4.69) is 26.8 Å². The molecular formula is C26H29N5O2S. The number of aryl methyl sites for hydroxylation is 2. The molecule has 0 atom stereocenters. The molecule has 8 heteroatoms. The van der Waals surface area contributed by atoms with Gasteiger partial charge in [-0.15, -0.1) is 11.3 Å². The van der Waals surface area contributed by atoms with Crippen LogP contribution in [0.25, 0.3) is 10.2 Å². The predicted octanol–water partition coefficient (Wildman–Crippen LogP) is 4.53. The van der Waals surface area contributed by atoms with Crippen molar-refractivity contribution in [2.75, 3.05) is 38.7 Å². The van der Waals surface area contributed by atoms with Crippen LogP contribution in [0.4, 0.5) is 5.82 Å². The van der Waals surface area contributed by atoms with Gasteiger partial charge in [-0.2, -0.15) is 0 Å². The molecule has 4 rings (SSSR count). The molecular weight excluding hydrogens is 446 g/mol. The highest BCUT2D eigenvalue weighted by Gasteiger charge is 2.23. The van der Waals surface area contributed by atoms with Crippen LogP contribution in [0.3, 0.4) is 0 Å². The maximum absolute atomic E-state index is 13.2. The number of fused-ring (bicyclic) bond motifs is 1. The van der Waals surface area contributed by atoms with Gasteiger partial charge in [0.25, 0.3) is 5.91 Å². The molecule has 0 spiro atoms. The van der Waals surface area contributed by atoms with E-state index in [1.54, 1.807) is 17.4 Å².